The Balaban J connectivity index is 1.48. The zero-order valence-electron chi connectivity index (χ0n) is 13.1. The van der Waals surface area contributed by atoms with Gasteiger partial charge in [0.1, 0.15) is 5.82 Å². The molecule has 0 radical (unpaired) electrons. The number of anilines is 1. The molecule has 0 unspecified atom stereocenters. The van der Waals surface area contributed by atoms with Crippen LogP contribution in [0.4, 0.5) is 19.0 Å². The maximum Gasteiger partial charge on any atom is 0.435 e. The van der Waals surface area contributed by atoms with E-state index >= 15 is 0 Å². The second kappa shape index (κ2) is 7.03. The van der Waals surface area contributed by atoms with Gasteiger partial charge >= 0.3 is 6.18 Å². The molecule has 0 spiro atoms. The van der Waals surface area contributed by atoms with Gasteiger partial charge < -0.3 is 10.2 Å². The second-order valence-corrected chi connectivity index (χ2v) is 6.55. The SMILES string of the molecule is FC(F)(F)c1ccc(NC2CCC(N3CCCCC3)CC2)nn1. The average Bonchev–Trinajstić information content (AvgIpc) is 2.56. The Kier molecular flexibility index (Phi) is 5.04. The van der Waals surface area contributed by atoms with Crippen molar-refractivity contribution in [2.75, 3.05) is 18.4 Å². The van der Waals surface area contributed by atoms with Gasteiger partial charge in [0.25, 0.3) is 0 Å². The van der Waals surface area contributed by atoms with E-state index in [4.69, 9.17) is 0 Å². The summed E-state index contributed by atoms with van der Waals surface area (Å²) in [6.45, 7) is 2.43. The lowest BCUT2D eigenvalue weighted by Crippen LogP contribution is -2.43. The normalized spacial score (nSPS) is 26.9. The summed E-state index contributed by atoms with van der Waals surface area (Å²) in [7, 11) is 0. The molecule has 7 heteroatoms. The van der Waals surface area contributed by atoms with Crippen LogP contribution in [-0.2, 0) is 6.18 Å². The molecular weight excluding hydrogens is 305 g/mol. The van der Waals surface area contributed by atoms with Gasteiger partial charge in [-0.3, -0.25) is 0 Å². The average molecular weight is 328 g/mol. The van der Waals surface area contributed by atoms with E-state index in [1.54, 1.807) is 0 Å². The third-order valence-electron chi connectivity index (χ3n) is 4.91. The van der Waals surface area contributed by atoms with Crippen LogP contribution in [0.15, 0.2) is 12.1 Å². The van der Waals surface area contributed by atoms with Gasteiger partial charge in [-0.25, -0.2) is 0 Å². The minimum Gasteiger partial charge on any atom is -0.366 e. The Morgan fingerprint density at radius 3 is 2.22 bits per heavy atom. The molecule has 1 aliphatic heterocycles. The van der Waals surface area contributed by atoms with Gasteiger partial charge in [-0.1, -0.05) is 6.42 Å². The van der Waals surface area contributed by atoms with Crippen LogP contribution in [0.3, 0.4) is 0 Å². The molecule has 1 N–H and O–H groups in total. The number of aromatic nitrogens is 2. The van der Waals surface area contributed by atoms with Gasteiger partial charge in [0, 0.05) is 12.1 Å². The van der Waals surface area contributed by atoms with Gasteiger partial charge in [-0.15, -0.1) is 10.2 Å². The fourth-order valence-electron chi connectivity index (χ4n) is 3.64. The first kappa shape index (κ1) is 16.5. The number of hydrogen-bond acceptors (Lipinski definition) is 4. The molecule has 1 aromatic rings. The van der Waals surface area contributed by atoms with Crippen LogP contribution < -0.4 is 5.32 Å². The monoisotopic (exact) mass is 328 g/mol. The predicted molar refractivity (Wildman–Crippen MR) is 82.1 cm³/mol. The summed E-state index contributed by atoms with van der Waals surface area (Å²) in [5, 5.41) is 10.1. The number of nitrogens with zero attached hydrogens (tertiary/aromatic N) is 3. The first-order valence-electron chi connectivity index (χ1n) is 8.44. The van der Waals surface area contributed by atoms with E-state index in [9.17, 15) is 13.2 Å². The lowest BCUT2D eigenvalue weighted by molar-refractivity contribution is -0.141. The summed E-state index contributed by atoms with van der Waals surface area (Å²) < 4.78 is 37.4. The van der Waals surface area contributed by atoms with Crippen LogP contribution in [0.1, 0.15) is 50.6 Å². The summed E-state index contributed by atoms with van der Waals surface area (Å²) in [6, 6.07) is 3.30. The van der Waals surface area contributed by atoms with Crippen LogP contribution in [0.5, 0.6) is 0 Å². The smallest absolute Gasteiger partial charge is 0.366 e. The molecule has 0 atom stereocenters. The fourth-order valence-corrected chi connectivity index (χ4v) is 3.64. The Morgan fingerprint density at radius 1 is 0.957 bits per heavy atom. The summed E-state index contributed by atoms with van der Waals surface area (Å²) in [4.78, 5) is 2.61. The highest BCUT2D eigenvalue weighted by molar-refractivity contribution is 5.34. The quantitative estimate of drug-likeness (QED) is 0.918. The summed E-state index contributed by atoms with van der Waals surface area (Å²) in [6.07, 6.45) is 3.88. The summed E-state index contributed by atoms with van der Waals surface area (Å²) in [5.74, 6) is 0.430. The molecule has 2 fully saturated rings. The van der Waals surface area contributed by atoms with Gasteiger partial charge in [0.2, 0.25) is 0 Å². The molecule has 0 aromatic carbocycles. The molecule has 1 aromatic heterocycles. The van der Waals surface area contributed by atoms with Gasteiger partial charge in [0.15, 0.2) is 5.69 Å². The van der Waals surface area contributed by atoms with Crippen molar-refractivity contribution in [1.82, 2.24) is 15.1 Å². The van der Waals surface area contributed by atoms with Crippen molar-refractivity contribution in [2.45, 2.75) is 63.2 Å². The van der Waals surface area contributed by atoms with Crippen molar-refractivity contribution in [2.24, 2.45) is 0 Å². The number of piperidine rings is 1. The van der Waals surface area contributed by atoms with Gasteiger partial charge in [-0.2, -0.15) is 13.2 Å². The topological polar surface area (TPSA) is 41.0 Å². The lowest BCUT2D eigenvalue weighted by atomic mass is 9.89. The van der Waals surface area contributed by atoms with Crippen LogP contribution in [0.2, 0.25) is 0 Å². The van der Waals surface area contributed by atoms with Crippen molar-refractivity contribution < 1.29 is 13.2 Å². The summed E-state index contributed by atoms with van der Waals surface area (Å²) >= 11 is 0. The largest absolute Gasteiger partial charge is 0.435 e. The molecule has 1 aliphatic carbocycles. The van der Waals surface area contributed by atoms with Crippen LogP contribution in [0, 0.1) is 0 Å². The number of likely N-dealkylation sites (tertiary alicyclic amines) is 1. The first-order valence-corrected chi connectivity index (χ1v) is 8.44. The molecule has 128 valence electrons. The molecule has 0 bridgehead atoms. The highest BCUT2D eigenvalue weighted by Gasteiger charge is 2.33. The van der Waals surface area contributed by atoms with E-state index in [1.165, 1.54) is 38.4 Å². The molecule has 1 saturated carbocycles. The highest BCUT2D eigenvalue weighted by Crippen LogP contribution is 2.29. The van der Waals surface area contributed by atoms with Gasteiger partial charge in [0.05, 0.1) is 0 Å². The number of halogens is 3. The minimum absolute atomic E-state index is 0.280. The number of nitrogens with one attached hydrogen (secondary N) is 1. The summed E-state index contributed by atoms with van der Waals surface area (Å²) in [5.41, 5.74) is -0.947. The molecule has 2 aliphatic rings. The third kappa shape index (κ3) is 4.34. The maximum absolute atomic E-state index is 12.5. The molecule has 23 heavy (non-hydrogen) atoms. The molecular formula is C16H23F3N4. The van der Waals surface area contributed by atoms with E-state index in [1.807, 2.05) is 0 Å². The van der Waals surface area contributed by atoms with E-state index in [0.29, 0.717) is 11.9 Å². The molecule has 1 saturated heterocycles. The maximum atomic E-state index is 12.5. The number of alkyl halides is 3. The lowest BCUT2D eigenvalue weighted by Gasteiger charge is -2.39. The predicted octanol–water partition coefficient (Wildman–Crippen LogP) is 3.70. The standard InChI is InChI=1S/C16H23F3N4/c17-16(18,19)14-8-9-15(22-21-14)20-12-4-6-13(7-5-12)23-10-2-1-3-11-23/h8-9,12-13H,1-7,10-11H2,(H,20,22). The van der Waals surface area contributed by atoms with Crippen molar-refractivity contribution in [3.8, 4) is 0 Å². The van der Waals surface area contributed by atoms with Crippen molar-refractivity contribution in [3.63, 3.8) is 0 Å². The number of rotatable bonds is 3. The Morgan fingerprint density at radius 2 is 1.65 bits per heavy atom. The second-order valence-electron chi connectivity index (χ2n) is 6.55. The zero-order valence-corrected chi connectivity index (χ0v) is 13.1. The van der Waals surface area contributed by atoms with E-state index < -0.39 is 11.9 Å². The van der Waals surface area contributed by atoms with Crippen LogP contribution >= 0.6 is 0 Å². The third-order valence-corrected chi connectivity index (χ3v) is 4.91. The van der Waals surface area contributed by atoms with Crippen LogP contribution in [0.25, 0.3) is 0 Å². The molecule has 0 amide bonds. The Labute approximate surface area is 134 Å². The fraction of sp³-hybridized carbons (Fsp3) is 0.750. The van der Waals surface area contributed by atoms with Crippen molar-refractivity contribution in [1.29, 1.82) is 0 Å². The first-order chi connectivity index (χ1) is 11.0. The highest BCUT2D eigenvalue weighted by atomic mass is 19.4. The molecule has 3 rings (SSSR count). The van der Waals surface area contributed by atoms with E-state index in [0.717, 1.165) is 31.7 Å². The zero-order chi connectivity index (χ0) is 16.3. The molecule has 4 nitrogen and oxygen atoms in total. The van der Waals surface area contributed by atoms with Crippen molar-refractivity contribution >= 4 is 5.82 Å². The Bertz CT molecular complexity index is 489. The minimum atomic E-state index is -4.43. The molecule has 2 heterocycles. The Hall–Kier alpha value is -1.37. The van der Waals surface area contributed by atoms with E-state index in [-0.39, 0.29) is 6.04 Å². The van der Waals surface area contributed by atoms with Crippen LogP contribution in [-0.4, -0.2) is 40.3 Å². The number of hydrogen-bond donors (Lipinski definition) is 1. The van der Waals surface area contributed by atoms with Crippen molar-refractivity contribution in [3.05, 3.63) is 17.8 Å². The van der Waals surface area contributed by atoms with E-state index in [2.05, 4.69) is 20.4 Å². The van der Waals surface area contributed by atoms with Gasteiger partial charge in [-0.05, 0) is 63.7 Å².